The highest BCUT2D eigenvalue weighted by atomic mass is 16.2. The number of anilines is 2. The molecule has 0 aliphatic carbocycles. The van der Waals surface area contributed by atoms with E-state index in [1.54, 1.807) is 12.4 Å². The molecule has 0 saturated carbocycles. The maximum atomic E-state index is 12.3. The molecular weight excluding hydrogens is 326 g/mol. The topological polar surface area (TPSA) is 61.4 Å². The lowest BCUT2D eigenvalue weighted by Crippen LogP contribution is -2.49. The van der Waals surface area contributed by atoms with Crippen molar-refractivity contribution < 1.29 is 4.79 Å². The van der Waals surface area contributed by atoms with E-state index in [4.69, 9.17) is 0 Å². The van der Waals surface area contributed by atoms with Crippen LogP contribution >= 0.6 is 0 Å². The summed E-state index contributed by atoms with van der Waals surface area (Å²) in [4.78, 5) is 25.2. The lowest BCUT2D eigenvalue weighted by molar-refractivity contribution is -0.117. The quantitative estimate of drug-likeness (QED) is 0.865. The number of hydrogen-bond donors (Lipinski definition) is 1. The zero-order valence-corrected chi connectivity index (χ0v) is 15.6. The van der Waals surface area contributed by atoms with Crippen LogP contribution in [0, 0.1) is 0 Å². The van der Waals surface area contributed by atoms with Gasteiger partial charge in [0.05, 0.1) is 6.54 Å². The third-order valence-electron chi connectivity index (χ3n) is 4.95. The van der Waals surface area contributed by atoms with Gasteiger partial charge in [-0.2, -0.15) is 0 Å². The van der Waals surface area contributed by atoms with E-state index in [0.29, 0.717) is 12.5 Å². The fourth-order valence-electron chi connectivity index (χ4n) is 3.09. The second-order valence-corrected chi connectivity index (χ2v) is 6.79. The number of nitrogens with one attached hydrogen (secondary N) is 1. The van der Waals surface area contributed by atoms with Crippen LogP contribution in [0.1, 0.15) is 31.7 Å². The number of benzene rings is 1. The number of hydrogen-bond acceptors (Lipinski definition) is 5. The lowest BCUT2D eigenvalue weighted by atomic mass is 9.99. The van der Waals surface area contributed by atoms with Gasteiger partial charge in [0.2, 0.25) is 11.9 Å². The number of amides is 1. The van der Waals surface area contributed by atoms with Crippen LogP contribution in [0.2, 0.25) is 0 Å². The van der Waals surface area contributed by atoms with E-state index < -0.39 is 0 Å². The maximum absolute atomic E-state index is 12.3. The number of piperazine rings is 1. The third kappa shape index (κ3) is 4.79. The van der Waals surface area contributed by atoms with Crippen molar-refractivity contribution in [3.8, 4) is 0 Å². The van der Waals surface area contributed by atoms with Crippen molar-refractivity contribution in [3.63, 3.8) is 0 Å². The summed E-state index contributed by atoms with van der Waals surface area (Å²) in [6, 6.07) is 10.00. The molecule has 6 nitrogen and oxygen atoms in total. The van der Waals surface area contributed by atoms with Crippen molar-refractivity contribution in [3.05, 3.63) is 48.3 Å². The van der Waals surface area contributed by atoms with Crippen LogP contribution in [0.5, 0.6) is 0 Å². The van der Waals surface area contributed by atoms with Gasteiger partial charge >= 0.3 is 0 Å². The molecule has 1 atom stereocenters. The zero-order valence-electron chi connectivity index (χ0n) is 15.6. The Bertz CT molecular complexity index is 696. The van der Waals surface area contributed by atoms with Crippen LogP contribution in [0.25, 0.3) is 0 Å². The first kappa shape index (κ1) is 18.3. The van der Waals surface area contributed by atoms with E-state index in [0.717, 1.165) is 44.2 Å². The van der Waals surface area contributed by atoms with E-state index >= 15 is 0 Å². The molecule has 0 bridgehead atoms. The predicted octanol–water partition coefficient (Wildman–Crippen LogP) is 2.75. The number of aromatic nitrogens is 2. The van der Waals surface area contributed by atoms with E-state index in [1.165, 1.54) is 5.56 Å². The van der Waals surface area contributed by atoms with Gasteiger partial charge < -0.3 is 10.2 Å². The second kappa shape index (κ2) is 8.76. The Kier molecular flexibility index (Phi) is 6.17. The average molecular weight is 353 g/mol. The van der Waals surface area contributed by atoms with E-state index in [-0.39, 0.29) is 5.91 Å². The van der Waals surface area contributed by atoms with E-state index in [2.05, 4.69) is 51.1 Å². The molecule has 1 aromatic carbocycles. The van der Waals surface area contributed by atoms with Gasteiger partial charge in [-0.25, -0.2) is 9.97 Å². The van der Waals surface area contributed by atoms with Crippen molar-refractivity contribution in [1.29, 1.82) is 0 Å². The van der Waals surface area contributed by atoms with Crippen LogP contribution in [0.3, 0.4) is 0 Å². The summed E-state index contributed by atoms with van der Waals surface area (Å²) in [5.41, 5.74) is 2.17. The highest BCUT2D eigenvalue weighted by molar-refractivity contribution is 5.92. The standard InChI is InChI=1S/C20H27N5O/c1-3-16(2)17-5-7-18(8-6-17)23-19(26)15-24-11-13-25(14-12-24)20-21-9-4-10-22-20/h4-10,16H,3,11-15H2,1-2H3,(H,23,26)/t16-/m0/s1. The first-order chi connectivity index (χ1) is 12.7. The highest BCUT2D eigenvalue weighted by Crippen LogP contribution is 2.20. The minimum atomic E-state index is 0.0331. The minimum Gasteiger partial charge on any atom is -0.338 e. The van der Waals surface area contributed by atoms with Gasteiger partial charge in [0.15, 0.2) is 0 Å². The SMILES string of the molecule is CC[C@H](C)c1ccc(NC(=O)CN2CCN(c3ncccn3)CC2)cc1. The van der Waals surface area contributed by atoms with Gasteiger partial charge in [-0.15, -0.1) is 0 Å². The van der Waals surface area contributed by atoms with Gasteiger partial charge in [0.1, 0.15) is 0 Å². The minimum absolute atomic E-state index is 0.0331. The normalized spacial score (nSPS) is 16.3. The van der Waals surface area contributed by atoms with Crippen molar-refractivity contribution in [2.24, 2.45) is 0 Å². The molecule has 1 amide bonds. The summed E-state index contributed by atoms with van der Waals surface area (Å²) < 4.78 is 0. The molecule has 0 spiro atoms. The predicted molar refractivity (Wildman–Crippen MR) is 104 cm³/mol. The Hall–Kier alpha value is -2.47. The summed E-state index contributed by atoms with van der Waals surface area (Å²) in [6.07, 6.45) is 4.63. The molecule has 1 fully saturated rings. The average Bonchev–Trinajstić information content (AvgIpc) is 2.69. The largest absolute Gasteiger partial charge is 0.338 e. The Morgan fingerprint density at radius 1 is 1.12 bits per heavy atom. The van der Waals surface area contributed by atoms with Crippen LogP contribution in [-0.4, -0.2) is 53.5 Å². The molecule has 0 unspecified atom stereocenters. The van der Waals surface area contributed by atoms with Crippen LogP contribution in [-0.2, 0) is 4.79 Å². The molecule has 1 N–H and O–H groups in total. The molecule has 138 valence electrons. The van der Waals surface area contributed by atoms with Gasteiger partial charge in [-0.05, 0) is 36.1 Å². The molecule has 0 radical (unpaired) electrons. The molecule has 2 aromatic rings. The summed E-state index contributed by atoms with van der Waals surface area (Å²) in [5, 5.41) is 3.00. The van der Waals surface area contributed by atoms with Crippen LogP contribution in [0.15, 0.2) is 42.7 Å². The van der Waals surface area contributed by atoms with E-state index in [1.807, 2.05) is 18.2 Å². The zero-order chi connectivity index (χ0) is 18.4. The van der Waals surface area contributed by atoms with E-state index in [9.17, 15) is 4.79 Å². The first-order valence-corrected chi connectivity index (χ1v) is 9.30. The lowest BCUT2D eigenvalue weighted by Gasteiger charge is -2.34. The van der Waals surface area contributed by atoms with Gasteiger partial charge in [0.25, 0.3) is 0 Å². The van der Waals surface area contributed by atoms with Crippen molar-refractivity contribution >= 4 is 17.5 Å². The summed E-state index contributed by atoms with van der Waals surface area (Å²) in [6.45, 7) is 8.15. The molecule has 26 heavy (non-hydrogen) atoms. The fourth-order valence-corrected chi connectivity index (χ4v) is 3.09. The smallest absolute Gasteiger partial charge is 0.238 e. The summed E-state index contributed by atoms with van der Waals surface area (Å²) >= 11 is 0. The molecule has 1 aliphatic rings. The Balaban J connectivity index is 1.46. The van der Waals surface area contributed by atoms with Gasteiger partial charge in [-0.1, -0.05) is 26.0 Å². The second-order valence-electron chi connectivity index (χ2n) is 6.79. The van der Waals surface area contributed by atoms with Gasteiger partial charge in [0, 0.05) is 44.3 Å². The summed E-state index contributed by atoms with van der Waals surface area (Å²) in [5.74, 6) is 1.34. The Morgan fingerprint density at radius 2 is 1.77 bits per heavy atom. The van der Waals surface area contributed by atoms with Crippen molar-refractivity contribution in [2.45, 2.75) is 26.2 Å². The Labute approximate surface area is 155 Å². The van der Waals surface area contributed by atoms with Crippen LogP contribution in [0.4, 0.5) is 11.6 Å². The number of carbonyl (C=O) groups excluding carboxylic acids is 1. The molecule has 2 heterocycles. The monoisotopic (exact) mass is 353 g/mol. The van der Waals surface area contributed by atoms with Crippen molar-refractivity contribution in [1.82, 2.24) is 14.9 Å². The highest BCUT2D eigenvalue weighted by Gasteiger charge is 2.20. The summed E-state index contributed by atoms with van der Waals surface area (Å²) in [7, 11) is 0. The first-order valence-electron chi connectivity index (χ1n) is 9.30. The molecule has 3 rings (SSSR count). The van der Waals surface area contributed by atoms with Crippen molar-refractivity contribution in [2.75, 3.05) is 42.9 Å². The molecule has 1 aromatic heterocycles. The number of rotatable bonds is 6. The van der Waals surface area contributed by atoms with Crippen LogP contribution < -0.4 is 10.2 Å². The third-order valence-corrected chi connectivity index (χ3v) is 4.95. The fraction of sp³-hybridized carbons (Fsp3) is 0.450. The maximum Gasteiger partial charge on any atom is 0.238 e. The molecule has 1 saturated heterocycles. The number of nitrogens with zero attached hydrogens (tertiary/aromatic N) is 4. The molecule has 6 heteroatoms. The Morgan fingerprint density at radius 3 is 2.38 bits per heavy atom. The number of carbonyl (C=O) groups is 1. The van der Waals surface area contributed by atoms with Gasteiger partial charge in [-0.3, -0.25) is 9.69 Å². The molecular formula is C20H27N5O. The molecule has 1 aliphatic heterocycles.